The molecule has 1 heterocycles. The van der Waals surface area contributed by atoms with Crippen molar-refractivity contribution < 1.29 is 9.53 Å². The van der Waals surface area contributed by atoms with Crippen molar-refractivity contribution in [2.24, 2.45) is 11.1 Å². The van der Waals surface area contributed by atoms with Crippen LogP contribution in [0, 0.1) is 5.41 Å². The first kappa shape index (κ1) is 20.6. The standard InChI is InChI=1S/C22H32N4O2/c1-5-28-19-15-22(23,21(19,2)3)20(27)26(4)13-9-12-17-14-18(25-24-17)16-10-7-6-8-11-16/h6-8,10-11,14,19H,5,9,12-13,15,23H2,1-4H3,(H,24,25). The van der Waals surface area contributed by atoms with Gasteiger partial charge in [-0.2, -0.15) is 5.10 Å². The minimum atomic E-state index is -0.851. The van der Waals surface area contributed by atoms with Gasteiger partial charge in [0.15, 0.2) is 0 Å². The molecular formula is C22H32N4O2. The van der Waals surface area contributed by atoms with Crippen molar-refractivity contribution in [3.63, 3.8) is 0 Å². The molecule has 0 aliphatic heterocycles. The van der Waals surface area contributed by atoms with Crippen LogP contribution in [0.25, 0.3) is 11.3 Å². The van der Waals surface area contributed by atoms with Crippen molar-refractivity contribution in [3.05, 3.63) is 42.1 Å². The zero-order valence-corrected chi connectivity index (χ0v) is 17.4. The van der Waals surface area contributed by atoms with Crippen molar-refractivity contribution in [1.29, 1.82) is 0 Å². The average molecular weight is 385 g/mol. The highest BCUT2D eigenvalue weighted by atomic mass is 16.5. The highest BCUT2D eigenvalue weighted by Crippen LogP contribution is 2.50. The first-order valence-corrected chi connectivity index (χ1v) is 10.1. The molecule has 0 radical (unpaired) electrons. The van der Waals surface area contributed by atoms with Gasteiger partial charge in [-0.15, -0.1) is 0 Å². The molecule has 3 rings (SSSR count). The molecule has 3 N–H and O–H groups in total. The summed E-state index contributed by atoms with van der Waals surface area (Å²) in [5.41, 5.74) is 8.41. The number of likely N-dealkylation sites (N-methyl/N-ethyl adjacent to an activating group) is 1. The second-order valence-corrected chi connectivity index (χ2v) is 8.32. The zero-order valence-electron chi connectivity index (χ0n) is 17.4. The maximum absolute atomic E-state index is 13.0. The lowest BCUT2D eigenvalue weighted by Crippen LogP contribution is -2.75. The fourth-order valence-electron chi connectivity index (χ4n) is 3.99. The van der Waals surface area contributed by atoms with Crippen molar-refractivity contribution in [1.82, 2.24) is 15.1 Å². The lowest BCUT2D eigenvalue weighted by molar-refractivity contribution is -0.178. The number of hydrogen-bond acceptors (Lipinski definition) is 4. The van der Waals surface area contributed by atoms with Gasteiger partial charge in [0.25, 0.3) is 0 Å². The van der Waals surface area contributed by atoms with E-state index in [1.165, 1.54) is 0 Å². The summed E-state index contributed by atoms with van der Waals surface area (Å²) in [7, 11) is 1.84. The number of H-pyrrole nitrogens is 1. The molecule has 0 saturated heterocycles. The van der Waals surface area contributed by atoms with Gasteiger partial charge < -0.3 is 15.4 Å². The molecule has 1 aromatic heterocycles. The third kappa shape index (κ3) is 3.71. The Morgan fingerprint density at radius 2 is 2.07 bits per heavy atom. The SMILES string of the molecule is CCOC1CC(N)(C(=O)N(C)CCCc2cc(-c3ccccc3)n[nH]2)C1(C)C. The lowest BCUT2D eigenvalue weighted by atomic mass is 9.54. The Morgan fingerprint density at radius 1 is 1.36 bits per heavy atom. The normalized spacial score (nSPS) is 23.2. The van der Waals surface area contributed by atoms with Crippen molar-refractivity contribution >= 4 is 5.91 Å². The molecule has 1 aliphatic rings. The third-order valence-corrected chi connectivity index (χ3v) is 6.20. The number of amides is 1. The van der Waals surface area contributed by atoms with E-state index in [0.29, 0.717) is 19.6 Å². The molecule has 2 aromatic rings. The van der Waals surface area contributed by atoms with Crippen LogP contribution in [0.2, 0.25) is 0 Å². The number of aryl methyl sites for hydroxylation is 1. The summed E-state index contributed by atoms with van der Waals surface area (Å²) in [6.45, 7) is 7.33. The number of carbonyl (C=O) groups is 1. The first-order chi connectivity index (χ1) is 13.3. The number of aromatic nitrogens is 2. The van der Waals surface area contributed by atoms with Gasteiger partial charge >= 0.3 is 0 Å². The van der Waals surface area contributed by atoms with Gasteiger partial charge in [-0.05, 0) is 25.8 Å². The van der Waals surface area contributed by atoms with Gasteiger partial charge in [0, 0.05) is 43.3 Å². The number of nitrogens with two attached hydrogens (primary N) is 1. The Kier molecular flexibility index (Phi) is 5.91. The largest absolute Gasteiger partial charge is 0.378 e. The minimum absolute atomic E-state index is 0.00281. The van der Waals surface area contributed by atoms with Crippen LogP contribution in [0.3, 0.4) is 0 Å². The zero-order chi connectivity index (χ0) is 20.4. The molecule has 2 atom stereocenters. The maximum Gasteiger partial charge on any atom is 0.243 e. The average Bonchev–Trinajstić information content (AvgIpc) is 3.16. The smallest absolute Gasteiger partial charge is 0.243 e. The number of rotatable bonds is 8. The summed E-state index contributed by atoms with van der Waals surface area (Å²) in [5, 5.41) is 7.48. The van der Waals surface area contributed by atoms with E-state index in [2.05, 4.69) is 16.3 Å². The summed E-state index contributed by atoms with van der Waals surface area (Å²) in [4.78, 5) is 14.7. The summed E-state index contributed by atoms with van der Waals surface area (Å²) in [6, 6.07) is 12.2. The van der Waals surface area contributed by atoms with Gasteiger partial charge in [-0.1, -0.05) is 44.2 Å². The molecular weight excluding hydrogens is 352 g/mol. The molecule has 6 heteroatoms. The lowest BCUT2D eigenvalue weighted by Gasteiger charge is -2.58. The maximum atomic E-state index is 13.0. The molecule has 6 nitrogen and oxygen atoms in total. The summed E-state index contributed by atoms with van der Waals surface area (Å²) >= 11 is 0. The Hall–Kier alpha value is -2.18. The number of carbonyl (C=O) groups excluding carboxylic acids is 1. The fraction of sp³-hybridized carbons (Fsp3) is 0.545. The topological polar surface area (TPSA) is 84.2 Å². The third-order valence-electron chi connectivity index (χ3n) is 6.20. The monoisotopic (exact) mass is 384 g/mol. The predicted octanol–water partition coefficient (Wildman–Crippen LogP) is 3.00. The van der Waals surface area contributed by atoms with Gasteiger partial charge in [0.1, 0.15) is 5.54 Å². The van der Waals surface area contributed by atoms with E-state index in [4.69, 9.17) is 10.5 Å². The van der Waals surface area contributed by atoms with Crippen LogP contribution in [0.1, 0.15) is 39.3 Å². The molecule has 1 aliphatic carbocycles. The Labute approximate surface area is 167 Å². The highest BCUT2D eigenvalue weighted by Gasteiger charge is 2.63. The van der Waals surface area contributed by atoms with E-state index in [9.17, 15) is 4.79 Å². The number of ether oxygens (including phenoxy) is 1. The Balaban J connectivity index is 1.52. The highest BCUT2D eigenvalue weighted by molar-refractivity contribution is 5.88. The molecule has 1 saturated carbocycles. The van der Waals surface area contributed by atoms with Crippen LogP contribution < -0.4 is 5.73 Å². The quantitative estimate of drug-likeness (QED) is 0.733. The molecule has 1 amide bonds. The van der Waals surface area contributed by atoms with Crippen molar-refractivity contribution in [2.45, 2.75) is 51.7 Å². The number of benzene rings is 1. The van der Waals surface area contributed by atoms with Gasteiger partial charge in [-0.3, -0.25) is 9.89 Å². The van der Waals surface area contributed by atoms with Crippen LogP contribution in [0.15, 0.2) is 36.4 Å². The number of aromatic amines is 1. The molecule has 152 valence electrons. The van der Waals surface area contributed by atoms with E-state index in [0.717, 1.165) is 29.8 Å². The molecule has 2 unspecified atom stereocenters. The first-order valence-electron chi connectivity index (χ1n) is 10.1. The van der Waals surface area contributed by atoms with E-state index in [-0.39, 0.29) is 17.4 Å². The van der Waals surface area contributed by atoms with Crippen LogP contribution in [0.5, 0.6) is 0 Å². The van der Waals surface area contributed by atoms with E-state index < -0.39 is 5.54 Å². The summed E-state index contributed by atoms with van der Waals surface area (Å²) in [6.07, 6.45) is 2.31. The van der Waals surface area contributed by atoms with Crippen molar-refractivity contribution in [2.75, 3.05) is 20.2 Å². The van der Waals surface area contributed by atoms with Gasteiger partial charge in [0.2, 0.25) is 5.91 Å². The van der Waals surface area contributed by atoms with Crippen LogP contribution >= 0.6 is 0 Å². The Morgan fingerprint density at radius 3 is 2.71 bits per heavy atom. The molecule has 1 fully saturated rings. The van der Waals surface area contributed by atoms with E-state index in [1.54, 1.807) is 4.90 Å². The molecule has 1 aromatic carbocycles. The number of nitrogens with one attached hydrogen (secondary N) is 1. The van der Waals surface area contributed by atoms with Crippen LogP contribution in [0.4, 0.5) is 0 Å². The fourth-order valence-corrected chi connectivity index (χ4v) is 3.99. The van der Waals surface area contributed by atoms with Crippen LogP contribution in [-0.4, -0.2) is 52.8 Å². The number of nitrogens with zero attached hydrogens (tertiary/aromatic N) is 2. The van der Waals surface area contributed by atoms with E-state index in [1.807, 2.05) is 58.2 Å². The Bertz CT molecular complexity index is 802. The van der Waals surface area contributed by atoms with Crippen LogP contribution in [-0.2, 0) is 16.0 Å². The summed E-state index contributed by atoms with van der Waals surface area (Å²) < 4.78 is 5.73. The summed E-state index contributed by atoms with van der Waals surface area (Å²) in [5.74, 6) is 0.00281. The molecule has 0 bridgehead atoms. The minimum Gasteiger partial charge on any atom is -0.378 e. The number of hydrogen-bond donors (Lipinski definition) is 2. The van der Waals surface area contributed by atoms with Gasteiger partial charge in [-0.25, -0.2) is 0 Å². The van der Waals surface area contributed by atoms with Gasteiger partial charge in [0.05, 0.1) is 11.8 Å². The van der Waals surface area contributed by atoms with Crippen molar-refractivity contribution in [3.8, 4) is 11.3 Å². The molecule has 0 spiro atoms. The second kappa shape index (κ2) is 8.05. The molecule has 28 heavy (non-hydrogen) atoms. The second-order valence-electron chi connectivity index (χ2n) is 8.32. The predicted molar refractivity (Wildman–Crippen MR) is 111 cm³/mol. The van der Waals surface area contributed by atoms with E-state index >= 15 is 0 Å².